The molecule has 0 spiro atoms. The maximum atomic E-state index is 12.5. The third-order valence-corrected chi connectivity index (χ3v) is 5.10. The summed E-state index contributed by atoms with van der Waals surface area (Å²) in [6.45, 7) is 5.12. The van der Waals surface area contributed by atoms with Crippen molar-refractivity contribution in [1.82, 2.24) is 15.1 Å². The minimum atomic E-state index is -0.294. The Labute approximate surface area is 149 Å². The van der Waals surface area contributed by atoms with Crippen LogP contribution in [0.3, 0.4) is 0 Å². The molecule has 3 rings (SSSR count). The number of likely N-dealkylation sites (tertiary alicyclic amines) is 2. The molecule has 2 amide bonds. The summed E-state index contributed by atoms with van der Waals surface area (Å²) in [5.74, 6) is -0.297. The Balaban J connectivity index is 1.50. The highest BCUT2D eigenvalue weighted by Crippen LogP contribution is 2.15. The molecule has 136 valence electrons. The smallest absolute Gasteiger partial charge is 0.251 e. The summed E-state index contributed by atoms with van der Waals surface area (Å²) in [6, 6.07) is 8.12. The van der Waals surface area contributed by atoms with Gasteiger partial charge < -0.3 is 11.1 Å². The Morgan fingerprint density at radius 2 is 1.80 bits per heavy atom. The van der Waals surface area contributed by atoms with Crippen LogP contribution in [0.25, 0.3) is 0 Å². The second kappa shape index (κ2) is 8.45. The predicted molar refractivity (Wildman–Crippen MR) is 97.1 cm³/mol. The van der Waals surface area contributed by atoms with Crippen molar-refractivity contribution in [3.05, 3.63) is 35.4 Å². The van der Waals surface area contributed by atoms with Gasteiger partial charge in [-0.2, -0.15) is 0 Å². The van der Waals surface area contributed by atoms with Crippen LogP contribution in [-0.4, -0.2) is 60.4 Å². The highest BCUT2D eigenvalue weighted by Gasteiger charge is 2.22. The molecular weight excluding hydrogens is 316 g/mol. The zero-order valence-corrected chi connectivity index (χ0v) is 14.7. The van der Waals surface area contributed by atoms with Crippen molar-refractivity contribution in [2.45, 2.75) is 38.3 Å². The van der Waals surface area contributed by atoms with Crippen LogP contribution in [0.5, 0.6) is 0 Å². The summed E-state index contributed by atoms with van der Waals surface area (Å²) in [6.07, 6.45) is 4.25. The molecule has 1 aromatic carbocycles. The van der Waals surface area contributed by atoms with E-state index in [1.54, 1.807) is 0 Å². The Morgan fingerprint density at radius 1 is 1.08 bits per heavy atom. The average Bonchev–Trinajstić information content (AvgIpc) is 3.09. The lowest BCUT2D eigenvalue weighted by atomic mass is 10.0. The number of nitrogens with two attached hydrogens (primary N) is 1. The Hall–Kier alpha value is -1.92. The lowest BCUT2D eigenvalue weighted by Crippen LogP contribution is -2.46. The molecule has 0 atom stereocenters. The summed E-state index contributed by atoms with van der Waals surface area (Å²) in [4.78, 5) is 28.0. The first kappa shape index (κ1) is 17.9. The minimum Gasteiger partial charge on any atom is -0.369 e. The van der Waals surface area contributed by atoms with Gasteiger partial charge in [0, 0.05) is 31.2 Å². The van der Waals surface area contributed by atoms with Crippen LogP contribution in [0.1, 0.15) is 41.6 Å². The van der Waals surface area contributed by atoms with Gasteiger partial charge in [0.15, 0.2) is 0 Å². The Bertz CT molecular complexity index is 605. The highest BCUT2D eigenvalue weighted by molar-refractivity contribution is 5.94. The van der Waals surface area contributed by atoms with E-state index >= 15 is 0 Å². The molecule has 6 heteroatoms. The van der Waals surface area contributed by atoms with Crippen LogP contribution in [0, 0.1) is 0 Å². The third kappa shape index (κ3) is 5.28. The molecule has 0 aliphatic carbocycles. The average molecular weight is 344 g/mol. The first-order chi connectivity index (χ1) is 12.1. The first-order valence-corrected chi connectivity index (χ1v) is 9.23. The van der Waals surface area contributed by atoms with Gasteiger partial charge in [-0.05, 0) is 56.5 Å². The first-order valence-electron chi connectivity index (χ1n) is 9.23. The SMILES string of the molecule is NC(=O)CN1CCC(NC(=O)c2cccc(CN3CCCC3)c2)CC1. The fraction of sp³-hybridized carbons (Fsp3) is 0.579. The van der Waals surface area contributed by atoms with E-state index in [4.69, 9.17) is 5.73 Å². The molecule has 6 nitrogen and oxygen atoms in total. The minimum absolute atomic E-state index is 0.00313. The number of carbonyl (C=O) groups is 2. The van der Waals surface area contributed by atoms with Gasteiger partial charge in [-0.15, -0.1) is 0 Å². The second-order valence-electron chi connectivity index (χ2n) is 7.17. The lowest BCUT2D eigenvalue weighted by molar-refractivity contribution is -0.119. The Kier molecular flexibility index (Phi) is 6.04. The van der Waals surface area contributed by atoms with Crippen LogP contribution in [0.15, 0.2) is 24.3 Å². The van der Waals surface area contributed by atoms with E-state index in [-0.39, 0.29) is 17.9 Å². The van der Waals surface area contributed by atoms with Gasteiger partial charge in [0.1, 0.15) is 0 Å². The van der Waals surface area contributed by atoms with E-state index in [0.717, 1.165) is 51.1 Å². The van der Waals surface area contributed by atoms with E-state index in [9.17, 15) is 9.59 Å². The zero-order valence-electron chi connectivity index (χ0n) is 14.7. The van der Waals surface area contributed by atoms with Crippen LogP contribution in [-0.2, 0) is 11.3 Å². The molecule has 2 aliphatic rings. The summed E-state index contributed by atoms with van der Waals surface area (Å²) in [7, 11) is 0. The maximum Gasteiger partial charge on any atom is 0.251 e. The van der Waals surface area contributed by atoms with E-state index in [1.807, 2.05) is 23.1 Å². The molecular formula is C19H28N4O2. The molecule has 2 aliphatic heterocycles. The number of rotatable bonds is 6. The normalized spacial score (nSPS) is 19.8. The molecule has 2 heterocycles. The molecule has 25 heavy (non-hydrogen) atoms. The van der Waals surface area contributed by atoms with Crippen LogP contribution < -0.4 is 11.1 Å². The van der Waals surface area contributed by atoms with E-state index in [1.165, 1.54) is 18.4 Å². The lowest BCUT2D eigenvalue weighted by Gasteiger charge is -2.31. The zero-order chi connectivity index (χ0) is 17.6. The van der Waals surface area contributed by atoms with Crippen LogP contribution >= 0.6 is 0 Å². The maximum absolute atomic E-state index is 12.5. The molecule has 0 bridgehead atoms. The second-order valence-corrected chi connectivity index (χ2v) is 7.17. The van der Waals surface area contributed by atoms with Gasteiger partial charge in [0.05, 0.1) is 6.54 Å². The number of benzene rings is 1. The number of nitrogens with one attached hydrogen (secondary N) is 1. The molecule has 0 saturated carbocycles. The number of nitrogens with zero attached hydrogens (tertiary/aromatic N) is 2. The van der Waals surface area contributed by atoms with Crippen LogP contribution in [0.2, 0.25) is 0 Å². The quantitative estimate of drug-likeness (QED) is 0.806. The largest absolute Gasteiger partial charge is 0.369 e. The fourth-order valence-corrected chi connectivity index (χ4v) is 3.73. The van der Waals surface area contributed by atoms with Crippen molar-refractivity contribution in [3.63, 3.8) is 0 Å². The standard InChI is InChI=1S/C19H28N4O2/c20-18(24)14-23-10-6-17(7-11-23)21-19(25)16-5-3-4-15(12-16)13-22-8-1-2-9-22/h3-5,12,17H,1-2,6-11,13-14H2,(H2,20,24)(H,21,25). The van der Waals surface area contributed by atoms with E-state index in [2.05, 4.69) is 16.3 Å². The van der Waals surface area contributed by atoms with Crippen molar-refractivity contribution >= 4 is 11.8 Å². The van der Waals surface area contributed by atoms with Gasteiger partial charge in [-0.1, -0.05) is 12.1 Å². The molecule has 0 unspecified atom stereocenters. The molecule has 3 N–H and O–H groups in total. The third-order valence-electron chi connectivity index (χ3n) is 5.10. The summed E-state index contributed by atoms with van der Waals surface area (Å²) < 4.78 is 0. The number of primary amides is 1. The van der Waals surface area contributed by atoms with E-state index < -0.39 is 0 Å². The van der Waals surface area contributed by atoms with E-state index in [0.29, 0.717) is 6.54 Å². The van der Waals surface area contributed by atoms with Gasteiger partial charge in [0.2, 0.25) is 5.91 Å². The van der Waals surface area contributed by atoms with Gasteiger partial charge in [-0.3, -0.25) is 19.4 Å². The molecule has 2 fully saturated rings. The summed E-state index contributed by atoms with van der Waals surface area (Å²) >= 11 is 0. The predicted octanol–water partition coefficient (Wildman–Crippen LogP) is 0.962. The van der Waals surface area contributed by atoms with Gasteiger partial charge in [0.25, 0.3) is 5.91 Å². The molecule has 0 aromatic heterocycles. The Morgan fingerprint density at radius 3 is 2.48 bits per heavy atom. The molecule has 1 aromatic rings. The summed E-state index contributed by atoms with van der Waals surface area (Å²) in [5, 5.41) is 3.13. The van der Waals surface area contributed by atoms with Crippen molar-refractivity contribution in [3.8, 4) is 0 Å². The molecule has 0 radical (unpaired) electrons. The van der Waals surface area contributed by atoms with Crippen molar-refractivity contribution in [2.75, 3.05) is 32.7 Å². The number of amides is 2. The summed E-state index contributed by atoms with van der Waals surface area (Å²) in [5.41, 5.74) is 7.17. The van der Waals surface area contributed by atoms with Gasteiger partial charge in [-0.25, -0.2) is 0 Å². The highest BCUT2D eigenvalue weighted by atomic mass is 16.2. The number of piperidine rings is 1. The number of hydrogen-bond donors (Lipinski definition) is 2. The monoisotopic (exact) mass is 344 g/mol. The topological polar surface area (TPSA) is 78.7 Å². The fourth-order valence-electron chi connectivity index (χ4n) is 3.73. The van der Waals surface area contributed by atoms with Crippen LogP contribution in [0.4, 0.5) is 0 Å². The van der Waals surface area contributed by atoms with Crippen molar-refractivity contribution < 1.29 is 9.59 Å². The van der Waals surface area contributed by atoms with Gasteiger partial charge >= 0.3 is 0 Å². The van der Waals surface area contributed by atoms with Crippen molar-refractivity contribution in [2.24, 2.45) is 5.73 Å². The number of hydrogen-bond acceptors (Lipinski definition) is 4. The molecule has 2 saturated heterocycles. The van der Waals surface area contributed by atoms with Crippen molar-refractivity contribution in [1.29, 1.82) is 0 Å². The number of carbonyl (C=O) groups excluding carboxylic acids is 2.